The molecule has 3 aromatic heterocycles. The number of aryl methyl sites for hydroxylation is 1. The van der Waals surface area contributed by atoms with Crippen molar-refractivity contribution in [3.05, 3.63) is 77.6 Å². The van der Waals surface area contributed by atoms with Gasteiger partial charge in [-0.25, -0.2) is 14.2 Å². The van der Waals surface area contributed by atoms with E-state index in [2.05, 4.69) is 4.98 Å². The van der Waals surface area contributed by atoms with Crippen LogP contribution in [0.2, 0.25) is 0 Å². The number of hydrogen-bond acceptors (Lipinski definition) is 5. The number of ether oxygens (including phenoxy) is 1. The van der Waals surface area contributed by atoms with Crippen LogP contribution in [0, 0.1) is 12.7 Å². The number of methoxy groups -OCH3 is 1. The number of carbonyl (C=O) groups excluding carboxylic acids is 1. The summed E-state index contributed by atoms with van der Waals surface area (Å²) in [6.07, 6.45) is 0. The number of furan rings is 1. The third-order valence-electron chi connectivity index (χ3n) is 5.12. The third-order valence-corrected chi connectivity index (χ3v) is 5.12. The van der Waals surface area contributed by atoms with Gasteiger partial charge in [-0.1, -0.05) is 24.3 Å². The summed E-state index contributed by atoms with van der Waals surface area (Å²) in [5.41, 5.74) is 3.27. The van der Waals surface area contributed by atoms with Crippen LogP contribution in [-0.2, 0) is 11.3 Å². The average Bonchev–Trinajstić information content (AvgIpc) is 3.40. The number of esters is 1. The number of carbonyl (C=O) groups is 1. The van der Waals surface area contributed by atoms with E-state index < -0.39 is 11.8 Å². The van der Waals surface area contributed by atoms with Gasteiger partial charge < -0.3 is 18.1 Å². The number of hydrogen-bond donors (Lipinski definition) is 0. The van der Waals surface area contributed by atoms with Crippen molar-refractivity contribution in [2.75, 3.05) is 7.11 Å². The molecule has 0 saturated carbocycles. The molecule has 0 fully saturated rings. The smallest absolute Gasteiger partial charge is 0.354 e. The molecule has 3 heterocycles. The van der Waals surface area contributed by atoms with Crippen LogP contribution in [0.15, 0.2) is 63.4 Å². The number of benzene rings is 2. The van der Waals surface area contributed by atoms with Crippen LogP contribution < -0.4 is 0 Å². The Hall–Kier alpha value is -3.87. The normalized spacial score (nSPS) is 11.4. The molecule has 0 spiro atoms. The van der Waals surface area contributed by atoms with Gasteiger partial charge in [0.25, 0.3) is 0 Å². The largest absolute Gasteiger partial charge is 0.464 e. The van der Waals surface area contributed by atoms with E-state index in [-0.39, 0.29) is 18.0 Å². The highest BCUT2D eigenvalue weighted by atomic mass is 19.1. The first-order valence-electron chi connectivity index (χ1n) is 9.37. The van der Waals surface area contributed by atoms with Crippen molar-refractivity contribution in [3.63, 3.8) is 0 Å². The first-order chi connectivity index (χ1) is 14.6. The van der Waals surface area contributed by atoms with Gasteiger partial charge in [0, 0.05) is 11.5 Å². The van der Waals surface area contributed by atoms with Crippen molar-refractivity contribution in [2.45, 2.75) is 13.5 Å². The summed E-state index contributed by atoms with van der Waals surface area (Å²) in [4.78, 5) is 16.9. The molecule has 7 heteroatoms. The quantitative estimate of drug-likeness (QED) is 0.379. The highest BCUT2D eigenvalue weighted by Gasteiger charge is 2.23. The van der Waals surface area contributed by atoms with Crippen LogP contribution in [0.25, 0.3) is 33.5 Å². The number of nitrogens with zero attached hydrogens (tertiary/aromatic N) is 2. The van der Waals surface area contributed by atoms with Gasteiger partial charge in [0.1, 0.15) is 28.5 Å². The molecule has 0 unspecified atom stereocenters. The fraction of sp³-hybridized carbons (Fsp3) is 0.130. The summed E-state index contributed by atoms with van der Waals surface area (Å²) in [5.74, 6) is -0.162. The minimum absolute atomic E-state index is 0.195. The van der Waals surface area contributed by atoms with E-state index in [4.69, 9.17) is 13.6 Å². The Balaban J connectivity index is 1.66. The van der Waals surface area contributed by atoms with E-state index in [9.17, 15) is 9.18 Å². The fourth-order valence-electron chi connectivity index (χ4n) is 3.66. The van der Waals surface area contributed by atoms with Gasteiger partial charge >= 0.3 is 5.97 Å². The van der Waals surface area contributed by atoms with E-state index in [1.807, 2.05) is 24.3 Å². The van der Waals surface area contributed by atoms with Crippen molar-refractivity contribution in [2.24, 2.45) is 0 Å². The van der Waals surface area contributed by atoms with E-state index in [0.29, 0.717) is 22.7 Å². The Morgan fingerprint density at radius 2 is 1.87 bits per heavy atom. The Bertz CT molecular complexity index is 1410. The molecular weight excluding hydrogens is 387 g/mol. The summed E-state index contributed by atoms with van der Waals surface area (Å²) in [7, 11) is 1.33. The summed E-state index contributed by atoms with van der Waals surface area (Å²) < 4.78 is 32.6. The Morgan fingerprint density at radius 1 is 1.10 bits per heavy atom. The maximum atomic E-state index is 14.2. The van der Waals surface area contributed by atoms with Gasteiger partial charge in [0.15, 0.2) is 5.58 Å². The van der Waals surface area contributed by atoms with Crippen LogP contribution in [0.3, 0.4) is 0 Å². The lowest BCUT2D eigenvalue weighted by molar-refractivity contribution is 0.0589. The highest BCUT2D eigenvalue weighted by molar-refractivity contribution is 6.06. The molecule has 0 bridgehead atoms. The second kappa shape index (κ2) is 6.88. The minimum Gasteiger partial charge on any atom is -0.464 e. The maximum absolute atomic E-state index is 14.2. The standard InChI is InChI=1S/C23H17FN2O4/c1-13-17(25-22(29-13)14-7-3-5-9-16(14)24)12-26-18(23(27)28-2)11-20-21(26)15-8-4-6-10-19(15)30-20/h3-11H,12H2,1-2H3. The molecule has 0 radical (unpaired) electrons. The number of para-hydroxylation sites is 1. The van der Waals surface area contributed by atoms with E-state index in [1.54, 1.807) is 35.8 Å². The predicted octanol–water partition coefficient (Wildman–Crippen LogP) is 5.32. The summed E-state index contributed by atoms with van der Waals surface area (Å²) in [5, 5.41) is 0.873. The molecule has 2 aromatic carbocycles. The van der Waals surface area contributed by atoms with Gasteiger partial charge in [-0.15, -0.1) is 0 Å². The summed E-state index contributed by atoms with van der Waals surface area (Å²) in [6.45, 7) is 2.00. The summed E-state index contributed by atoms with van der Waals surface area (Å²) in [6, 6.07) is 15.6. The molecule has 150 valence electrons. The monoisotopic (exact) mass is 404 g/mol. The van der Waals surface area contributed by atoms with E-state index in [1.165, 1.54) is 13.2 Å². The van der Waals surface area contributed by atoms with Gasteiger partial charge in [0.05, 0.1) is 24.7 Å². The predicted molar refractivity (Wildman–Crippen MR) is 109 cm³/mol. The highest BCUT2D eigenvalue weighted by Crippen LogP contribution is 2.33. The SMILES string of the molecule is COC(=O)c1cc2oc3ccccc3c2n1Cc1nc(-c2ccccc2F)oc1C. The Kier molecular flexibility index (Phi) is 4.17. The van der Waals surface area contributed by atoms with Crippen LogP contribution in [0.4, 0.5) is 4.39 Å². The van der Waals surface area contributed by atoms with Crippen molar-refractivity contribution in [1.29, 1.82) is 0 Å². The minimum atomic E-state index is -0.485. The fourth-order valence-corrected chi connectivity index (χ4v) is 3.66. The lowest BCUT2D eigenvalue weighted by Crippen LogP contribution is -2.12. The zero-order valence-corrected chi connectivity index (χ0v) is 16.3. The van der Waals surface area contributed by atoms with Crippen LogP contribution in [0.5, 0.6) is 0 Å². The number of aromatic nitrogens is 2. The van der Waals surface area contributed by atoms with E-state index >= 15 is 0 Å². The van der Waals surface area contributed by atoms with Gasteiger partial charge in [-0.3, -0.25) is 0 Å². The lowest BCUT2D eigenvalue weighted by Gasteiger charge is -2.08. The molecule has 30 heavy (non-hydrogen) atoms. The number of fused-ring (bicyclic) bond motifs is 3. The van der Waals surface area contributed by atoms with Crippen LogP contribution in [0.1, 0.15) is 21.9 Å². The second-order valence-corrected chi connectivity index (χ2v) is 6.92. The van der Waals surface area contributed by atoms with Gasteiger partial charge in [-0.05, 0) is 31.2 Å². The molecule has 0 saturated heterocycles. The van der Waals surface area contributed by atoms with Crippen molar-refractivity contribution >= 4 is 28.0 Å². The number of halogens is 1. The Morgan fingerprint density at radius 3 is 2.67 bits per heavy atom. The van der Waals surface area contributed by atoms with Gasteiger partial charge in [0.2, 0.25) is 5.89 Å². The number of oxazole rings is 1. The first-order valence-corrected chi connectivity index (χ1v) is 9.37. The molecule has 0 aliphatic heterocycles. The molecule has 0 aliphatic rings. The second-order valence-electron chi connectivity index (χ2n) is 6.92. The molecule has 6 nitrogen and oxygen atoms in total. The van der Waals surface area contributed by atoms with Crippen molar-refractivity contribution in [1.82, 2.24) is 9.55 Å². The first kappa shape index (κ1) is 18.2. The van der Waals surface area contributed by atoms with Crippen molar-refractivity contribution in [3.8, 4) is 11.5 Å². The number of rotatable bonds is 4. The lowest BCUT2D eigenvalue weighted by atomic mass is 10.2. The van der Waals surface area contributed by atoms with E-state index in [0.717, 1.165) is 16.5 Å². The zero-order chi connectivity index (χ0) is 20.8. The molecule has 0 N–H and O–H groups in total. The molecule has 0 amide bonds. The maximum Gasteiger partial charge on any atom is 0.354 e. The average molecular weight is 404 g/mol. The Labute approximate surface area is 170 Å². The molecular formula is C23H17FN2O4. The van der Waals surface area contributed by atoms with Crippen LogP contribution in [-0.4, -0.2) is 22.6 Å². The molecule has 5 aromatic rings. The van der Waals surface area contributed by atoms with Gasteiger partial charge in [-0.2, -0.15) is 0 Å². The molecule has 0 aliphatic carbocycles. The topological polar surface area (TPSA) is 70.4 Å². The van der Waals surface area contributed by atoms with Crippen LogP contribution >= 0.6 is 0 Å². The third kappa shape index (κ3) is 2.78. The summed E-state index contributed by atoms with van der Waals surface area (Å²) >= 11 is 0. The van der Waals surface area contributed by atoms with Crippen molar-refractivity contribution < 1.29 is 22.8 Å². The zero-order valence-electron chi connectivity index (χ0n) is 16.3. The molecule has 5 rings (SSSR count). The molecule has 0 atom stereocenters.